The molecule has 0 spiro atoms. The number of fused-ring (bicyclic) bond motifs is 3. The van der Waals surface area contributed by atoms with Crippen LogP contribution in [0.3, 0.4) is 0 Å². The molecule has 5 heterocycles. The fraction of sp³-hybridized carbons (Fsp3) is 0.222. The summed E-state index contributed by atoms with van der Waals surface area (Å²) < 4.78 is 25.9. The zero-order valence-electron chi connectivity index (χ0n) is 19.8. The summed E-state index contributed by atoms with van der Waals surface area (Å²) in [4.78, 5) is 26.0. The zero-order chi connectivity index (χ0) is 24.8. The third kappa shape index (κ3) is 3.64. The first kappa shape index (κ1) is 22.1. The average Bonchev–Trinajstić information content (AvgIpc) is 3.25. The third-order valence-electron chi connectivity index (χ3n) is 6.57. The summed E-state index contributed by atoms with van der Waals surface area (Å²) in [6.45, 7) is 2.45. The molecule has 0 aliphatic carbocycles. The molecule has 0 unspecified atom stereocenters. The van der Waals surface area contributed by atoms with E-state index in [-0.39, 0.29) is 23.7 Å². The van der Waals surface area contributed by atoms with Crippen LogP contribution >= 0.6 is 0 Å². The standard InChI is InChI=1S/C27H24FN5O3/c1-14-5-3-6-15-13-30-27(34)21-22(15)33-24(25(21)31-19-8-4-7-17(28)26(19)35-2)16-11-12-29-18-9-10-20(36-14)32-23(16)18/h3-5,7-12,14-15,31,33H,6,13H2,1-2H3,(H,30,34)/b5-3-/t14-,15-/m1/s1. The van der Waals surface area contributed by atoms with Crippen molar-refractivity contribution in [2.45, 2.75) is 25.4 Å². The third-order valence-corrected chi connectivity index (χ3v) is 6.57. The van der Waals surface area contributed by atoms with Gasteiger partial charge in [-0.1, -0.05) is 12.1 Å². The number of rotatable bonds is 3. The lowest BCUT2D eigenvalue weighted by molar-refractivity contribution is 0.0941. The molecule has 3 aromatic heterocycles. The van der Waals surface area contributed by atoms with Gasteiger partial charge in [0, 0.05) is 36.0 Å². The maximum Gasteiger partial charge on any atom is 0.255 e. The highest BCUT2D eigenvalue weighted by atomic mass is 19.1. The molecule has 3 N–H and O–H groups in total. The molecule has 8 nitrogen and oxygen atoms in total. The first-order valence-electron chi connectivity index (χ1n) is 11.8. The van der Waals surface area contributed by atoms with Crippen LogP contribution in [-0.2, 0) is 0 Å². The van der Waals surface area contributed by atoms with Crippen molar-refractivity contribution in [3.05, 3.63) is 71.8 Å². The van der Waals surface area contributed by atoms with Crippen LogP contribution in [0.4, 0.5) is 15.8 Å². The van der Waals surface area contributed by atoms with Crippen LogP contribution in [0, 0.1) is 5.82 Å². The minimum atomic E-state index is -0.505. The molecule has 0 saturated heterocycles. The molecule has 1 aromatic carbocycles. The molecule has 2 atom stereocenters. The second-order valence-electron chi connectivity index (χ2n) is 8.88. The van der Waals surface area contributed by atoms with Crippen molar-refractivity contribution >= 4 is 28.3 Å². The number of anilines is 2. The number of nitrogens with zero attached hydrogens (tertiary/aromatic N) is 2. The first-order chi connectivity index (χ1) is 17.5. The van der Waals surface area contributed by atoms with Gasteiger partial charge in [-0.05, 0) is 43.7 Å². The Hall–Kier alpha value is -4.40. The van der Waals surface area contributed by atoms with E-state index in [0.717, 1.165) is 11.3 Å². The summed E-state index contributed by atoms with van der Waals surface area (Å²) in [5.74, 6) is -0.163. The molecule has 6 rings (SSSR count). The second kappa shape index (κ2) is 8.67. The van der Waals surface area contributed by atoms with Gasteiger partial charge in [-0.25, -0.2) is 9.37 Å². The number of aromatic nitrogens is 3. The van der Waals surface area contributed by atoms with Crippen molar-refractivity contribution in [3.8, 4) is 22.9 Å². The number of amides is 1. The van der Waals surface area contributed by atoms with Crippen molar-refractivity contribution in [2.24, 2.45) is 0 Å². The highest BCUT2D eigenvalue weighted by Gasteiger charge is 2.33. The van der Waals surface area contributed by atoms with Crippen molar-refractivity contribution in [1.29, 1.82) is 0 Å². The number of allylic oxidation sites excluding steroid dienone is 1. The first-order valence-corrected chi connectivity index (χ1v) is 11.8. The average molecular weight is 486 g/mol. The molecule has 9 heteroatoms. The monoisotopic (exact) mass is 485 g/mol. The highest BCUT2D eigenvalue weighted by molar-refractivity contribution is 6.08. The maximum absolute atomic E-state index is 14.5. The predicted octanol–water partition coefficient (Wildman–Crippen LogP) is 5.07. The molecule has 36 heavy (non-hydrogen) atoms. The quantitative estimate of drug-likeness (QED) is 0.350. The molecular formula is C27H24FN5O3. The Kier molecular flexibility index (Phi) is 5.32. The van der Waals surface area contributed by atoms with E-state index in [9.17, 15) is 9.18 Å². The van der Waals surface area contributed by atoms with Gasteiger partial charge in [0.05, 0.1) is 35.3 Å². The molecule has 0 fully saturated rings. The molecule has 2 aliphatic rings. The van der Waals surface area contributed by atoms with Crippen LogP contribution in [0.25, 0.3) is 22.3 Å². The Morgan fingerprint density at radius 1 is 1.22 bits per heavy atom. The molecule has 0 radical (unpaired) electrons. The number of para-hydroxylation sites is 1. The number of aromatic amines is 1. The summed E-state index contributed by atoms with van der Waals surface area (Å²) >= 11 is 0. The van der Waals surface area contributed by atoms with Crippen LogP contribution < -0.4 is 20.1 Å². The maximum atomic E-state index is 14.5. The lowest BCUT2D eigenvalue weighted by Gasteiger charge is -2.23. The molecule has 0 saturated carbocycles. The Balaban J connectivity index is 1.64. The summed E-state index contributed by atoms with van der Waals surface area (Å²) in [5, 5.41) is 6.30. The van der Waals surface area contributed by atoms with Gasteiger partial charge < -0.3 is 25.1 Å². The number of benzene rings is 1. The van der Waals surface area contributed by atoms with Gasteiger partial charge >= 0.3 is 0 Å². The van der Waals surface area contributed by atoms with E-state index >= 15 is 0 Å². The van der Waals surface area contributed by atoms with Gasteiger partial charge in [0.25, 0.3) is 5.91 Å². The van der Waals surface area contributed by atoms with E-state index in [1.807, 2.05) is 25.1 Å². The van der Waals surface area contributed by atoms with Crippen LogP contribution in [-0.4, -0.2) is 40.6 Å². The summed E-state index contributed by atoms with van der Waals surface area (Å²) in [5.41, 5.74) is 4.92. The molecule has 4 aromatic rings. The van der Waals surface area contributed by atoms with E-state index < -0.39 is 5.82 Å². The predicted molar refractivity (Wildman–Crippen MR) is 134 cm³/mol. The van der Waals surface area contributed by atoms with Gasteiger partial charge in [-0.15, -0.1) is 0 Å². The van der Waals surface area contributed by atoms with Gasteiger partial charge in [0.2, 0.25) is 5.88 Å². The number of carbonyl (C=O) groups excluding carboxylic acids is 1. The van der Waals surface area contributed by atoms with Crippen molar-refractivity contribution < 1.29 is 18.7 Å². The van der Waals surface area contributed by atoms with E-state index in [4.69, 9.17) is 14.5 Å². The van der Waals surface area contributed by atoms with Gasteiger partial charge in [-0.2, -0.15) is 0 Å². The van der Waals surface area contributed by atoms with Crippen LogP contribution in [0.2, 0.25) is 0 Å². The number of halogens is 1. The summed E-state index contributed by atoms with van der Waals surface area (Å²) in [6.07, 6.45) is 6.27. The number of H-pyrrole nitrogens is 1. The minimum Gasteiger partial charge on any atom is -0.492 e. The fourth-order valence-electron chi connectivity index (χ4n) is 4.88. The van der Waals surface area contributed by atoms with Gasteiger partial charge in [-0.3, -0.25) is 9.78 Å². The SMILES string of the molecule is COc1c(F)cccc1Nc1c2[nH]c3c1C(=O)NC[C@H]3C/C=C\[C@@H](C)Oc1ccc3nccc-2c3n1. The smallest absolute Gasteiger partial charge is 0.255 e. The van der Waals surface area contributed by atoms with Gasteiger partial charge in [0.1, 0.15) is 11.6 Å². The Labute approximate surface area is 206 Å². The lowest BCUT2D eigenvalue weighted by atomic mass is 9.93. The molecule has 4 bridgehead atoms. The zero-order valence-corrected chi connectivity index (χ0v) is 19.8. The number of pyridine rings is 2. The number of nitrogens with one attached hydrogen (secondary N) is 3. The number of hydrogen-bond acceptors (Lipinski definition) is 6. The Morgan fingerprint density at radius 2 is 2.11 bits per heavy atom. The second-order valence-corrected chi connectivity index (χ2v) is 8.88. The normalized spacial score (nSPS) is 19.5. The van der Waals surface area contributed by atoms with Crippen molar-refractivity contribution in [2.75, 3.05) is 19.0 Å². The molecular weight excluding hydrogens is 461 g/mol. The topological polar surface area (TPSA) is 101 Å². The Morgan fingerprint density at radius 3 is 2.97 bits per heavy atom. The fourth-order valence-corrected chi connectivity index (χ4v) is 4.88. The van der Waals surface area contributed by atoms with Crippen LogP contribution in [0.1, 0.15) is 35.3 Å². The van der Waals surface area contributed by atoms with Crippen LogP contribution in [0.5, 0.6) is 11.6 Å². The van der Waals surface area contributed by atoms with E-state index in [1.54, 1.807) is 24.4 Å². The number of methoxy groups -OCH3 is 1. The minimum absolute atomic E-state index is 0.0130. The Bertz CT molecular complexity index is 1530. The van der Waals surface area contributed by atoms with Gasteiger partial charge in [0.15, 0.2) is 11.6 Å². The van der Waals surface area contributed by atoms with E-state index in [2.05, 4.69) is 26.7 Å². The largest absolute Gasteiger partial charge is 0.492 e. The molecule has 182 valence electrons. The van der Waals surface area contributed by atoms with Crippen LogP contribution in [0.15, 0.2) is 54.7 Å². The number of ether oxygens (including phenoxy) is 2. The highest BCUT2D eigenvalue weighted by Crippen LogP contribution is 2.43. The number of hydrogen-bond donors (Lipinski definition) is 3. The number of carbonyl (C=O) groups is 1. The molecule has 1 amide bonds. The summed E-state index contributed by atoms with van der Waals surface area (Å²) in [6, 6.07) is 10.1. The summed E-state index contributed by atoms with van der Waals surface area (Å²) in [7, 11) is 1.41. The lowest BCUT2D eigenvalue weighted by Crippen LogP contribution is -2.34. The van der Waals surface area contributed by atoms with Crippen molar-refractivity contribution in [3.63, 3.8) is 0 Å². The van der Waals surface area contributed by atoms with Crippen molar-refractivity contribution in [1.82, 2.24) is 20.3 Å². The van der Waals surface area contributed by atoms with E-state index in [0.29, 0.717) is 52.5 Å². The van der Waals surface area contributed by atoms with E-state index in [1.165, 1.54) is 13.2 Å². The molecule has 2 aliphatic heterocycles.